The molecule has 3 nitrogen and oxygen atoms in total. The first-order valence-corrected chi connectivity index (χ1v) is 8.45. The van der Waals surface area contributed by atoms with Crippen LogP contribution in [0.25, 0.3) is 0 Å². The Morgan fingerprint density at radius 3 is 2.85 bits per heavy atom. The Morgan fingerprint density at radius 2 is 2.25 bits per heavy atom. The van der Waals surface area contributed by atoms with Gasteiger partial charge in [-0.3, -0.25) is 4.98 Å². The number of thiocarbonyl (C=S) groups is 1. The van der Waals surface area contributed by atoms with Gasteiger partial charge in [0.25, 0.3) is 0 Å². The maximum absolute atomic E-state index is 5.48. The molecule has 0 radical (unpaired) electrons. The van der Waals surface area contributed by atoms with Crippen LogP contribution in [0.4, 0.5) is 0 Å². The Morgan fingerprint density at radius 1 is 1.40 bits per heavy atom. The van der Waals surface area contributed by atoms with Crippen LogP contribution in [0.15, 0.2) is 40.3 Å². The molecule has 1 N–H and O–H groups in total. The number of hydrogen-bond donors (Lipinski definition) is 1. The third kappa shape index (κ3) is 2.47. The maximum Gasteiger partial charge on any atom is 0.170 e. The minimum absolute atomic E-state index is 0.106. The van der Waals surface area contributed by atoms with Gasteiger partial charge in [0.1, 0.15) is 0 Å². The lowest BCUT2D eigenvalue weighted by Crippen LogP contribution is -2.28. The summed E-state index contributed by atoms with van der Waals surface area (Å²) in [4.78, 5) is 8.01. The van der Waals surface area contributed by atoms with Gasteiger partial charge in [0.05, 0.1) is 21.6 Å². The van der Waals surface area contributed by atoms with Gasteiger partial charge in [0.15, 0.2) is 5.11 Å². The minimum atomic E-state index is 0.106. The van der Waals surface area contributed by atoms with E-state index >= 15 is 0 Å². The van der Waals surface area contributed by atoms with Crippen molar-refractivity contribution in [3.8, 4) is 0 Å². The van der Waals surface area contributed by atoms with Crippen LogP contribution >= 0.6 is 39.5 Å². The molecule has 3 rings (SSSR count). The van der Waals surface area contributed by atoms with Crippen LogP contribution in [0.1, 0.15) is 29.6 Å². The van der Waals surface area contributed by atoms with Crippen LogP contribution in [-0.4, -0.2) is 21.5 Å². The highest BCUT2D eigenvalue weighted by Crippen LogP contribution is 2.41. The molecule has 0 aromatic carbocycles. The van der Waals surface area contributed by atoms with Gasteiger partial charge in [-0.05, 0) is 59.3 Å². The molecule has 0 aliphatic carbocycles. The topological polar surface area (TPSA) is 28.2 Å². The fraction of sp³-hybridized carbons (Fsp3) is 0.286. The van der Waals surface area contributed by atoms with E-state index in [1.165, 1.54) is 4.88 Å². The first-order valence-electron chi connectivity index (χ1n) is 6.44. The molecule has 3 heterocycles. The molecule has 0 unspecified atom stereocenters. The number of hydrogen-bond acceptors (Lipinski definition) is 3. The fourth-order valence-electron chi connectivity index (χ4n) is 2.54. The molecule has 104 valence electrons. The number of likely N-dealkylation sites (N-methyl/N-ethyl adjacent to an activating group) is 1. The lowest BCUT2D eigenvalue weighted by atomic mass is 10.0. The lowest BCUT2D eigenvalue weighted by Gasteiger charge is -2.25. The van der Waals surface area contributed by atoms with Gasteiger partial charge < -0.3 is 10.2 Å². The summed E-state index contributed by atoms with van der Waals surface area (Å²) in [6, 6.07) is 10.6. The van der Waals surface area contributed by atoms with Crippen LogP contribution < -0.4 is 5.32 Å². The van der Waals surface area contributed by atoms with E-state index in [2.05, 4.69) is 56.3 Å². The van der Waals surface area contributed by atoms with Gasteiger partial charge in [-0.25, -0.2) is 0 Å². The van der Waals surface area contributed by atoms with E-state index < -0.39 is 0 Å². The zero-order valence-corrected chi connectivity index (χ0v) is 14.1. The van der Waals surface area contributed by atoms with Crippen molar-refractivity contribution in [1.29, 1.82) is 0 Å². The van der Waals surface area contributed by atoms with Crippen molar-refractivity contribution in [3.63, 3.8) is 0 Å². The second-order valence-corrected chi connectivity index (χ2v) is 7.44. The molecule has 0 bridgehead atoms. The molecular weight excluding hydrogens is 354 g/mol. The number of pyridine rings is 1. The summed E-state index contributed by atoms with van der Waals surface area (Å²) in [6.45, 7) is 3.01. The average molecular weight is 368 g/mol. The zero-order chi connectivity index (χ0) is 14.1. The van der Waals surface area contributed by atoms with Gasteiger partial charge in [0, 0.05) is 17.6 Å². The largest absolute Gasteiger partial charge is 0.352 e. The Labute approximate surface area is 136 Å². The predicted octanol–water partition coefficient (Wildman–Crippen LogP) is 3.90. The van der Waals surface area contributed by atoms with Crippen LogP contribution in [0.5, 0.6) is 0 Å². The van der Waals surface area contributed by atoms with E-state index in [1.54, 1.807) is 11.3 Å². The molecule has 2 atom stereocenters. The van der Waals surface area contributed by atoms with Crippen LogP contribution in [0, 0.1) is 0 Å². The molecule has 1 aliphatic rings. The molecule has 2 aromatic rings. The summed E-state index contributed by atoms with van der Waals surface area (Å²) < 4.78 is 1.14. The molecule has 1 aliphatic heterocycles. The van der Waals surface area contributed by atoms with E-state index in [4.69, 9.17) is 12.2 Å². The number of halogens is 1. The van der Waals surface area contributed by atoms with E-state index in [0.717, 1.165) is 21.1 Å². The monoisotopic (exact) mass is 367 g/mol. The SMILES string of the molecule is CCN1C(=S)N[C@H](c2ccccn2)[C@H]1c1ccc(Br)s1. The molecule has 1 saturated heterocycles. The standard InChI is InChI=1S/C14H14BrN3S2/c1-2-18-13(10-6-7-11(15)20-10)12(17-14(18)19)9-5-3-4-8-16-9/h3-8,12-13H,2H2,1H3,(H,17,19)/t12-,13-/m1/s1. The summed E-state index contributed by atoms with van der Waals surface area (Å²) in [7, 11) is 0. The maximum atomic E-state index is 5.48. The quantitative estimate of drug-likeness (QED) is 0.832. The van der Waals surface area contributed by atoms with Crippen LogP contribution in [-0.2, 0) is 0 Å². The summed E-state index contributed by atoms with van der Waals surface area (Å²) in [5.41, 5.74) is 1.03. The Bertz CT molecular complexity index is 614. The highest BCUT2D eigenvalue weighted by molar-refractivity contribution is 9.11. The van der Waals surface area contributed by atoms with Gasteiger partial charge >= 0.3 is 0 Å². The van der Waals surface area contributed by atoms with Crippen molar-refractivity contribution in [2.75, 3.05) is 6.54 Å². The second-order valence-electron chi connectivity index (χ2n) is 4.55. The molecule has 0 spiro atoms. The molecular formula is C14H14BrN3S2. The molecule has 0 amide bonds. The van der Waals surface area contributed by atoms with Gasteiger partial charge in [-0.1, -0.05) is 6.07 Å². The third-order valence-electron chi connectivity index (χ3n) is 3.42. The Kier molecular flexibility index (Phi) is 4.05. The smallest absolute Gasteiger partial charge is 0.170 e. The van der Waals surface area contributed by atoms with Crippen molar-refractivity contribution in [2.24, 2.45) is 0 Å². The van der Waals surface area contributed by atoms with Crippen LogP contribution in [0.3, 0.4) is 0 Å². The van der Waals surface area contributed by atoms with Crippen molar-refractivity contribution >= 4 is 44.6 Å². The fourth-order valence-corrected chi connectivity index (χ4v) is 4.49. The van der Waals surface area contributed by atoms with Crippen LogP contribution in [0.2, 0.25) is 0 Å². The molecule has 6 heteroatoms. The zero-order valence-electron chi connectivity index (χ0n) is 10.9. The van der Waals surface area contributed by atoms with E-state index in [1.807, 2.05) is 18.3 Å². The van der Waals surface area contributed by atoms with E-state index in [0.29, 0.717) is 0 Å². The third-order valence-corrected chi connectivity index (χ3v) is 5.47. The number of nitrogens with zero attached hydrogens (tertiary/aromatic N) is 2. The van der Waals surface area contributed by atoms with E-state index in [9.17, 15) is 0 Å². The number of thiophene rings is 1. The van der Waals surface area contributed by atoms with E-state index in [-0.39, 0.29) is 12.1 Å². The first-order chi connectivity index (χ1) is 9.70. The highest BCUT2D eigenvalue weighted by atomic mass is 79.9. The number of nitrogens with one attached hydrogen (secondary N) is 1. The number of rotatable bonds is 3. The predicted molar refractivity (Wildman–Crippen MR) is 89.9 cm³/mol. The molecule has 20 heavy (non-hydrogen) atoms. The van der Waals surface area contributed by atoms with Gasteiger partial charge in [-0.2, -0.15) is 0 Å². The molecule has 0 saturated carbocycles. The average Bonchev–Trinajstić information content (AvgIpc) is 3.03. The van der Waals surface area contributed by atoms with Gasteiger partial charge in [-0.15, -0.1) is 11.3 Å². The highest BCUT2D eigenvalue weighted by Gasteiger charge is 2.39. The summed E-state index contributed by atoms with van der Waals surface area (Å²) in [5.74, 6) is 0. The minimum Gasteiger partial charge on any atom is -0.352 e. The van der Waals surface area contributed by atoms with Crippen molar-refractivity contribution in [1.82, 2.24) is 15.2 Å². The van der Waals surface area contributed by atoms with Crippen molar-refractivity contribution in [3.05, 3.63) is 50.9 Å². The lowest BCUT2D eigenvalue weighted by molar-refractivity contribution is 0.335. The molecule has 2 aromatic heterocycles. The normalized spacial score (nSPS) is 22.1. The first kappa shape index (κ1) is 14.0. The Balaban J connectivity index is 2.02. The van der Waals surface area contributed by atoms with Gasteiger partial charge in [0.2, 0.25) is 0 Å². The van der Waals surface area contributed by atoms with Crippen molar-refractivity contribution in [2.45, 2.75) is 19.0 Å². The van der Waals surface area contributed by atoms with Crippen molar-refractivity contribution < 1.29 is 0 Å². The summed E-state index contributed by atoms with van der Waals surface area (Å²) >= 11 is 10.8. The number of aromatic nitrogens is 1. The summed E-state index contributed by atoms with van der Waals surface area (Å²) in [5, 5.41) is 4.22. The summed E-state index contributed by atoms with van der Waals surface area (Å²) in [6.07, 6.45) is 1.83. The Hall–Kier alpha value is -0.980. The molecule has 1 fully saturated rings. The second kappa shape index (κ2) is 5.79.